The van der Waals surface area contributed by atoms with Crippen LogP contribution in [0.4, 0.5) is 4.79 Å². The molecule has 1 aliphatic carbocycles. The molecule has 1 atom stereocenters. The van der Waals surface area contributed by atoms with Crippen molar-refractivity contribution in [2.75, 3.05) is 19.6 Å². The number of carbonyl (C=O) groups is 5. The van der Waals surface area contributed by atoms with Crippen LogP contribution in [0.15, 0.2) is 0 Å². The average Bonchev–Trinajstić information content (AvgIpc) is 3.15. The van der Waals surface area contributed by atoms with Crippen molar-refractivity contribution in [1.82, 2.24) is 20.4 Å². The number of amides is 5. The summed E-state index contributed by atoms with van der Waals surface area (Å²) in [6.07, 6.45) is 2.76. The van der Waals surface area contributed by atoms with Gasteiger partial charge in [-0.15, -0.1) is 0 Å². The molecular formula is C17H26N4O6. The summed E-state index contributed by atoms with van der Waals surface area (Å²) in [6, 6.07) is -1.60. The van der Waals surface area contributed by atoms with Crippen LogP contribution in [0.2, 0.25) is 0 Å². The van der Waals surface area contributed by atoms with Crippen LogP contribution in [-0.4, -0.2) is 75.8 Å². The second-order valence-electron chi connectivity index (χ2n) is 7.01. The SMILES string of the molecule is CC(=O)NCCN(C(=O)CCN1C(=O)NC2(CCCC2)C1=O)C(C)C(=O)O. The fourth-order valence-electron chi connectivity index (χ4n) is 3.57. The Hall–Kier alpha value is -2.65. The second kappa shape index (κ2) is 8.36. The molecule has 1 unspecified atom stereocenters. The Morgan fingerprint density at radius 2 is 1.93 bits per heavy atom. The quantitative estimate of drug-likeness (QED) is 0.492. The first-order chi connectivity index (χ1) is 12.7. The van der Waals surface area contributed by atoms with Crippen LogP contribution in [-0.2, 0) is 19.2 Å². The van der Waals surface area contributed by atoms with Crippen LogP contribution >= 0.6 is 0 Å². The molecule has 0 aromatic rings. The normalized spacial score (nSPS) is 19.1. The van der Waals surface area contributed by atoms with Crippen molar-refractivity contribution in [1.29, 1.82) is 0 Å². The van der Waals surface area contributed by atoms with Gasteiger partial charge in [-0.05, 0) is 19.8 Å². The minimum absolute atomic E-state index is 0.0238. The summed E-state index contributed by atoms with van der Waals surface area (Å²) in [4.78, 5) is 61.7. The Labute approximate surface area is 157 Å². The van der Waals surface area contributed by atoms with Crippen molar-refractivity contribution in [3.8, 4) is 0 Å². The van der Waals surface area contributed by atoms with Gasteiger partial charge in [-0.1, -0.05) is 12.8 Å². The molecule has 1 heterocycles. The molecule has 2 fully saturated rings. The molecule has 2 aliphatic rings. The van der Waals surface area contributed by atoms with Crippen LogP contribution in [0, 0.1) is 0 Å². The van der Waals surface area contributed by atoms with Gasteiger partial charge in [-0.3, -0.25) is 19.3 Å². The molecule has 1 saturated heterocycles. The van der Waals surface area contributed by atoms with Gasteiger partial charge in [0.1, 0.15) is 11.6 Å². The first-order valence-corrected chi connectivity index (χ1v) is 9.09. The summed E-state index contributed by atoms with van der Waals surface area (Å²) in [7, 11) is 0. The van der Waals surface area contributed by atoms with E-state index in [-0.39, 0.29) is 37.9 Å². The van der Waals surface area contributed by atoms with Gasteiger partial charge in [0.05, 0.1) is 0 Å². The van der Waals surface area contributed by atoms with E-state index in [9.17, 15) is 29.1 Å². The molecule has 150 valence electrons. The maximum Gasteiger partial charge on any atom is 0.326 e. The highest BCUT2D eigenvalue weighted by molar-refractivity contribution is 6.07. The predicted octanol–water partition coefficient (Wildman–Crippen LogP) is -0.321. The molecule has 0 bridgehead atoms. The van der Waals surface area contributed by atoms with Crippen molar-refractivity contribution in [2.24, 2.45) is 0 Å². The Morgan fingerprint density at radius 1 is 1.30 bits per heavy atom. The summed E-state index contributed by atoms with van der Waals surface area (Å²) >= 11 is 0. The zero-order chi connectivity index (χ0) is 20.2. The number of hydrogen-bond acceptors (Lipinski definition) is 5. The Balaban J connectivity index is 1.97. The molecule has 10 heteroatoms. The van der Waals surface area contributed by atoms with Gasteiger partial charge in [-0.25, -0.2) is 9.59 Å². The zero-order valence-corrected chi connectivity index (χ0v) is 15.6. The number of rotatable bonds is 8. The van der Waals surface area contributed by atoms with E-state index >= 15 is 0 Å². The van der Waals surface area contributed by atoms with Crippen LogP contribution in [0.3, 0.4) is 0 Å². The number of hydrogen-bond donors (Lipinski definition) is 3. The number of nitrogens with zero attached hydrogens (tertiary/aromatic N) is 2. The first-order valence-electron chi connectivity index (χ1n) is 9.09. The molecule has 0 aromatic carbocycles. The number of imide groups is 1. The lowest BCUT2D eigenvalue weighted by molar-refractivity contribution is -0.149. The molecule has 5 amide bonds. The smallest absolute Gasteiger partial charge is 0.326 e. The topological polar surface area (TPSA) is 136 Å². The van der Waals surface area contributed by atoms with Crippen molar-refractivity contribution < 1.29 is 29.1 Å². The van der Waals surface area contributed by atoms with Gasteiger partial charge in [0.25, 0.3) is 5.91 Å². The number of carboxylic acids is 1. The number of urea groups is 1. The Bertz CT molecular complexity index is 643. The molecule has 1 saturated carbocycles. The monoisotopic (exact) mass is 382 g/mol. The Morgan fingerprint density at radius 3 is 2.48 bits per heavy atom. The molecular weight excluding hydrogens is 356 g/mol. The molecule has 3 N–H and O–H groups in total. The summed E-state index contributed by atoms with van der Waals surface area (Å²) in [5, 5.41) is 14.5. The summed E-state index contributed by atoms with van der Waals surface area (Å²) in [5.74, 6) is -2.27. The fourth-order valence-corrected chi connectivity index (χ4v) is 3.57. The fraction of sp³-hybridized carbons (Fsp3) is 0.706. The number of aliphatic carboxylic acids is 1. The molecule has 0 aromatic heterocycles. The highest BCUT2D eigenvalue weighted by Crippen LogP contribution is 2.35. The van der Waals surface area contributed by atoms with E-state index < -0.39 is 29.5 Å². The highest BCUT2D eigenvalue weighted by atomic mass is 16.4. The van der Waals surface area contributed by atoms with Crippen molar-refractivity contribution in [3.63, 3.8) is 0 Å². The summed E-state index contributed by atoms with van der Waals surface area (Å²) in [5.41, 5.74) is -0.834. The lowest BCUT2D eigenvalue weighted by Crippen LogP contribution is -2.48. The number of carbonyl (C=O) groups excluding carboxylic acids is 4. The van der Waals surface area contributed by atoms with Crippen molar-refractivity contribution in [2.45, 2.75) is 57.5 Å². The van der Waals surface area contributed by atoms with E-state index in [2.05, 4.69) is 10.6 Å². The van der Waals surface area contributed by atoms with Crippen molar-refractivity contribution >= 4 is 29.7 Å². The lowest BCUT2D eigenvalue weighted by Gasteiger charge is -2.27. The van der Waals surface area contributed by atoms with Gasteiger partial charge < -0.3 is 20.6 Å². The van der Waals surface area contributed by atoms with E-state index in [1.165, 1.54) is 13.8 Å². The van der Waals surface area contributed by atoms with Gasteiger partial charge in [0.2, 0.25) is 11.8 Å². The van der Waals surface area contributed by atoms with E-state index in [0.29, 0.717) is 12.8 Å². The highest BCUT2D eigenvalue weighted by Gasteiger charge is 2.52. The molecule has 2 rings (SSSR count). The average molecular weight is 382 g/mol. The molecule has 10 nitrogen and oxygen atoms in total. The van der Waals surface area contributed by atoms with Crippen LogP contribution < -0.4 is 10.6 Å². The lowest BCUT2D eigenvalue weighted by atomic mass is 9.98. The molecule has 1 aliphatic heterocycles. The van der Waals surface area contributed by atoms with Gasteiger partial charge in [-0.2, -0.15) is 0 Å². The van der Waals surface area contributed by atoms with E-state index in [4.69, 9.17) is 0 Å². The van der Waals surface area contributed by atoms with Crippen molar-refractivity contribution in [3.05, 3.63) is 0 Å². The van der Waals surface area contributed by atoms with Crippen LogP contribution in [0.1, 0.15) is 46.0 Å². The molecule has 27 heavy (non-hydrogen) atoms. The number of nitrogens with one attached hydrogen (secondary N) is 2. The first kappa shape index (κ1) is 20.7. The standard InChI is InChI=1S/C17H26N4O6/c1-11(14(24)25)20(10-8-18-12(2)22)13(23)5-9-21-15(26)17(19-16(21)27)6-3-4-7-17/h11H,3-10H2,1-2H3,(H,18,22)(H,19,27)(H,24,25). The minimum atomic E-state index is -1.17. The summed E-state index contributed by atoms with van der Waals surface area (Å²) in [6.45, 7) is 2.73. The minimum Gasteiger partial charge on any atom is -0.480 e. The molecule has 0 radical (unpaired) electrons. The van der Waals surface area contributed by atoms with Crippen LogP contribution in [0.5, 0.6) is 0 Å². The predicted molar refractivity (Wildman–Crippen MR) is 93.6 cm³/mol. The van der Waals surface area contributed by atoms with Gasteiger partial charge in [0.15, 0.2) is 0 Å². The summed E-state index contributed by atoms with van der Waals surface area (Å²) < 4.78 is 0. The third-order valence-corrected chi connectivity index (χ3v) is 5.12. The number of carboxylic acid groups (broad SMARTS) is 1. The Kier molecular flexibility index (Phi) is 6.40. The van der Waals surface area contributed by atoms with E-state index in [1.54, 1.807) is 0 Å². The maximum absolute atomic E-state index is 12.6. The van der Waals surface area contributed by atoms with E-state index in [0.717, 1.165) is 22.6 Å². The maximum atomic E-state index is 12.6. The van der Waals surface area contributed by atoms with Crippen LogP contribution in [0.25, 0.3) is 0 Å². The molecule has 1 spiro atoms. The second-order valence-corrected chi connectivity index (χ2v) is 7.01. The van der Waals surface area contributed by atoms with Gasteiger partial charge in [0, 0.05) is 33.0 Å². The van der Waals surface area contributed by atoms with Gasteiger partial charge >= 0.3 is 12.0 Å². The largest absolute Gasteiger partial charge is 0.480 e. The third-order valence-electron chi connectivity index (χ3n) is 5.12. The zero-order valence-electron chi connectivity index (χ0n) is 15.6. The van der Waals surface area contributed by atoms with E-state index in [1.807, 2.05) is 0 Å². The third kappa shape index (κ3) is 4.55.